The summed E-state index contributed by atoms with van der Waals surface area (Å²) >= 11 is 0. The molecule has 0 saturated carbocycles. The predicted molar refractivity (Wildman–Crippen MR) is 112 cm³/mol. The maximum atomic E-state index is 12.5. The molecule has 2 aromatic rings. The first-order chi connectivity index (χ1) is 14.1. The second-order valence-electron chi connectivity index (χ2n) is 7.97. The first-order valence-corrected chi connectivity index (χ1v) is 10.4. The van der Waals surface area contributed by atoms with Gasteiger partial charge in [-0.2, -0.15) is 0 Å². The van der Waals surface area contributed by atoms with Crippen LogP contribution in [0.1, 0.15) is 37.1 Å². The van der Waals surface area contributed by atoms with Crippen LogP contribution in [0.5, 0.6) is 5.75 Å². The molecule has 156 valence electrons. The van der Waals surface area contributed by atoms with Gasteiger partial charge in [-0.05, 0) is 42.4 Å². The number of piperidine rings is 1. The van der Waals surface area contributed by atoms with E-state index in [2.05, 4.69) is 22.9 Å². The number of methoxy groups -OCH3 is 3. The Kier molecular flexibility index (Phi) is 5.54. The van der Waals surface area contributed by atoms with Crippen molar-refractivity contribution < 1.29 is 19.0 Å². The number of nitrogens with zero attached hydrogens (tertiary/aromatic N) is 1. The van der Waals surface area contributed by atoms with Gasteiger partial charge in [0, 0.05) is 29.7 Å². The van der Waals surface area contributed by atoms with E-state index in [9.17, 15) is 4.79 Å². The molecule has 1 aromatic heterocycles. The van der Waals surface area contributed by atoms with Gasteiger partial charge >= 0.3 is 5.97 Å². The lowest BCUT2D eigenvalue weighted by atomic mass is 9.74. The van der Waals surface area contributed by atoms with Crippen molar-refractivity contribution in [2.45, 2.75) is 32.2 Å². The first kappa shape index (κ1) is 19.8. The number of hydrogen-bond donors (Lipinski definition) is 1. The van der Waals surface area contributed by atoms with E-state index < -0.39 is 0 Å². The number of benzene rings is 1. The van der Waals surface area contributed by atoms with Crippen molar-refractivity contribution in [3.8, 4) is 5.75 Å². The Morgan fingerprint density at radius 3 is 2.83 bits per heavy atom. The van der Waals surface area contributed by atoms with Crippen LogP contribution in [-0.4, -0.2) is 50.3 Å². The van der Waals surface area contributed by atoms with Crippen molar-refractivity contribution in [1.29, 1.82) is 0 Å². The molecule has 0 amide bonds. The molecule has 0 aliphatic carbocycles. The number of H-pyrrole nitrogens is 1. The van der Waals surface area contributed by atoms with Crippen molar-refractivity contribution in [3.05, 3.63) is 41.3 Å². The molecule has 6 nitrogen and oxygen atoms in total. The second kappa shape index (κ2) is 8.11. The molecule has 1 fully saturated rings. The number of nitrogens with one attached hydrogen (secondary N) is 1. The summed E-state index contributed by atoms with van der Waals surface area (Å²) in [7, 11) is 4.75. The number of carbonyl (C=O) groups excluding carboxylic acids is 1. The van der Waals surface area contributed by atoms with E-state index in [1.54, 1.807) is 20.5 Å². The summed E-state index contributed by atoms with van der Waals surface area (Å²) in [6, 6.07) is 6.40. The Hall–Kier alpha value is -2.47. The van der Waals surface area contributed by atoms with Crippen molar-refractivity contribution in [3.63, 3.8) is 0 Å². The smallest absolute Gasteiger partial charge is 0.337 e. The molecule has 0 unspecified atom stereocenters. The standard InChI is InChI=1S/C23H30N2O4/c1-5-14-12-25-10-9-15-21-18(7-6-8-20(21)28-3)24-22(15)19(25)11-16(14)17(13-27-2)23(26)29-4/h6-8,13-14,16,19,24H,5,9-12H2,1-4H3/b17-13-/t14-,16-,19+/m0/s1. The number of esters is 1. The SMILES string of the molecule is CC[C@H]1CN2CCc3c([nH]c4cccc(OC)c34)[C@H]2C[C@@H]1/C(=C/OC)C(=O)OC. The van der Waals surface area contributed by atoms with Crippen molar-refractivity contribution >= 4 is 16.9 Å². The van der Waals surface area contributed by atoms with Gasteiger partial charge in [-0.1, -0.05) is 19.4 Å². The van der Waals surface area contributed by atoms with E-state index in [0.29, 0.717) is 11.5 Å². The van der Waals surface area contributed by atoms with E-state index in [0.717, 1.165) is 43.6 Å². The number of rotatable bonds is 5. The largest absolute Gasteiger partial charge is 0.504 e. The molecular weight excluding hydrogens is 368 g/mol. The molecule has 0 radical (unpaired) electrons. The minimum absolute atomic E-state index is 0.105. The monoisotopic (exact) mass is 398 g/mol. The molecule has 29 heavy (non-hydrogen) atoms. The lowest BCUT2D eigenvalue weighted by molar-refractivity contribution is -0.137. The number of aromatic nitrogens is 1. The van der Waals surface area contributed by atoms with Crippen molar-refractivity contribution in [1.82, 2.24) is 9.88 Å². The summed E-state index contributed by atoms with van der Waals surface area (Å²) in [6.07, 6.45) is 4.46. The highest BCUT2D eigenvalue weighted by atomic mass is 16.5. The average molecular weight is 399 g/mol. The fourth-order valence-electron chi connectivity index (χ4n) is 5.28. The molecule has 3 heterocycles. The van der Waals surface area contributed by atoms with Gasteiger partial charge in [-0.15, -0.1) is 0 Å². The van der Waals surface area contributed by atoms with Crippen LogP contribution < -0.4 is 4.74 Å². The Morgan fingerprint density at radius 2 is 2.14 bits per heavy atom. The number of carbonyl (C=O) groups is 1. The Labute approximate surface area is 171 Å². The highest BCUT2D eigenvalue weighted by Crippen LogP contribution is 2.47. The summed E-state index contributed by atoms with van der Waals surface area (Å²) in [5.74, 6) is 1.12. The molecule has 0 spiro atoms. The zero-order valence-electron chi connectivity index (χ0n) is 17.7. The Balaban J connectivity index is 1.76. The van der Waals surface area contributed by atoms with Gasteiger partial charge < -0.3 is 19.2 Å². The summed E-state index contributed by atoms with van der Waals surface area (Å²) in [5, 5.41) is 1.19. The summed E-state index contributed by atoms with van der Waals surface area (Å²) < 4.78 is 16.0. The highest BCUT2D eigenvalue weighted by Gasteiger charge is 2.42. The predicted octanol–water partition coefficient (Wildman–Crippen LogP) is 3.83. The molecule has 2 aliphatic rings. The number of fused-ring (bicyclic) bond motifs is 5. The van der Waals surface area contributed by atoms with Gasteiger partial charge in [0.2, 0.25) is 0 Å². The zero-order chi connectivity index (χ0) is 20.5. The minimum Gasteiger partial charge on any atom is -0.504 e. The van der Waals surface area contributed by atoms with E-state index in [1.165, 1.54) is 23.8 Å². The molecule has 4 rings (SSSR count). The Morgan fingerprint density at radius 1 is 1.31 bits per heavy atom. The third-order valence-electron chi connectivity index (χ3n) is 6.67. The molecule has 1 aromatic carbocycles. The van der Waals surface area contributed by atoms with Gasteiger partial charge in [-0.3, -0.25) is 4.90 Å². The van der Waals surface area contributed by atoms with Gasteiger partial charge in [0.1, 0.15) is 5.75 Å². The van der Waals surface area contributed by atoms with Crippen LogP contribution in [0.15, 0.2) is 30.0 Å². The topological polar surface area (TPSA) is 63.8 Å². The third-order valence-corrected chi connectivity index (χ3v) is 6.67. The van der Waals surface area contributed by atoms with Gasteiger partial charge in [0.25, 0.3) is 0 Å². The quantitative estimate of drug-likeness (QED) is 0.471. The first-order valence-electron chi connectivity index (χ1n) is 10.4. The van der Waals surface area contributed by atoms with Gasteiger partial charge in [-0.25, -0.2) is 4.79 Å². The molecule has 6 heteroatoms. The van der Waals surface area contributed by atoms with Gasteiger partial charge in [0.05, 0.1) is 39.2 Å². The molecular formula is C23H30N2O4. The molecule has 3 atom stereocenters. The third kappa shape index (κ3) is 3.29. The lowest BCUT2D eigenvalue weighted by Crippen LogP contribution is -2.47. The van der Waals surface area contributed by atoms with E-state index >= 15 is 0 Å². The second-order valence-corrected chi connectivity index (χ2v) is 7.97. The van der Waals surface area contributed by atoms with E-state index in [4.69, 9.17) is 14.2 Å². The molecule has 1 saturated heterocycles. The normalized spacial score (nSPS) is 24.7. The van der Waals surface area contributed by atoms with Crippen LogP contribution in [0.4, 0.5) is 0 Å². The van der Waals surface area contributed by atoms with Crippen LogP contribution in [0, 0.1) is 11.8 Å². The number of aromatic amines is 1. The molecule has 2 aliphatic heterocycles. The highest BCUT2D eigenvalue weighted by molar-refractivity contribution is 5.91. The van der Waals surface area contributed by atoms with Crippen LogP contribution in [0.2, 0.25) is 0 Å². The van der Waals surface area contributed by atoms with Crippen LogP contribution in [-0.2, 0) is 20.7 Å². The van der Waals surface area contributed by atoms with Crippen LogP contribution in [0.3, 0.4) is 0 Å². The van der Waals surface area contributed by atoms with E-state index in [-0.39, 0.29) is 17.9 Å². The van der Waals surface area contributed by atoms with Crippen molar-refractivity contribution in [2.75, 3.05) is 34.4 Å². The summed E-state index contributed by atoms with van der Waals surface area (Å²) in [6.45, 7) is 4.19. The lowest BCUT2D eigenvalue weighted by Gasteiger charge is -2.46. The Bertz CT molecular complexity index is 932. The van der Waals surface area contributed by atoms with Crippen molar-refractivity contribution in [2.24, 2.45) is 11.8 Å². The maximum Gasteiger partial charge on any atom is 0.337 e. The van der Waals surface area contributed by atoms with Crippen LogP contribution in [0.25, 0.3) is 10.9 Å². The summed E-state index contributed by atoms with van der Waals surface area (Å²) in [4.78, 5) is 18.7. The molecule has 1 N–H and O–H groups in total. The average Bonchev–Trinajstić information content (AvgIpc) is 3.15. The fourth-order valence-corrected chi connectivity index (χ4v) is 5.28. The maximum absolute atomic E-state index is 12.5. The van der Waals surface area contributed by atoms with Gasteiger partial charge in [0.15, 0.2) is 0 Å². The fraction of sp³-hybridized carbons (Fsp3) is 0.522. The number of hydrogen-bond acceptors (Lipinski definition) is 5. The summed E-state index contributed by atoms with van der Waals surface area (Å²) in [5.41, 5.74) is 4.37. The zero-order valence-corrected chi connectivity index (χ0v) is 17.7. The molecule has 0 bridgehead atoms. The number of ether oxygens (including phenoxy) is 3. The van der Waals surface area contributed by atoms with Crippen LogP contribution >= 0.6 is 0 Å². The van der Waals surface area contributed by atoms with E-state index in [1.807, 2.05) is 12.1 Å². The minimum atomic E-state index is -0.293.